The zero-order chi connectivity index (χ0) is 31.5. The van der Waals surface area contributed by atoms with Crippen molar-refractivity contribution in [1.29, 1.82) is 0 Å². The van der Waals surface area contributed by atoms with E-state index in [4.69, 9.17) is 4.74 Å². The van der Waals surface area contributed by atoms with Gasteiger partial charge in [-0.25, -0.2) is 0 Å². The molecule has 2 radical (unpaired) electrons. The molecule has 41 heavy (non-hydrogen) atoms. The summed E-state index contributed by atoms with van der Waals surface area (Å²) in [6.07, 6.45) is 0.305. The SMILES string of the molecule is CC1(C)CC(C(=O)Oc2ccc(C3=[N+]([O-])C(C)(C)C(C)(C)N3[O])cc2C2=[N+]([O-])C(C)(C)C(C)(C)N2[O])C(C)(C)N1O. The van der Waals surface area contributed by atoms with E-state index in [9.17, 15) is 30.8 Å². The highest BCUT2D eigenvalue weighted by molar-refractivity contribution is 6.03. The van der Waals surface area contributed by atoms with Gasteiger partial charge in [-0.1, -0.05) is 10.1 Å². The van der Waals surface area contributed by atoms with Gasteiger partial charge in [-0.05, 0) is 108 Å². The molecule has 226 valence electrons. The summed E-state index contributed by atoms with van der Waals surface area (Å²) in [5.41, 5.74) is -6.02. The summed E-state index contributed by atoms with van der Waals surface area (Å²) in [6, 6.07) is 4.25. The zero-order valence-electron chi connectivity index (χ0n) is 26.1. The lowest BCUT2D eigenvalue weighted by molar-refractivity contribution is -0.539. The van der Waals surface area contributed by atoms with Gasteiger partial charge in [0.25, 0.3) is 0 Å². The minimum absolute atomic E-state index is 0.0211. The molecule has 0 aliphatic carbocycles. The number of esters is 1. The molecular formula is C29H43N5O7. The number of benzene rings is 1. The number of hydrogen-bond acceptors (Lipinski definition) is 8. The molecule has 12 heteroatoms. The van der Waals surface area contributed by atoms with E-state index in [1.807, 2.05) is 13.8 Å². The molecular weight excluding hydrogens is 530 g/mol. The normalized spacial score (nSPS) is 27.6. The number of carbonyl (C=O) groups excluding carboxylic acids is 1. The van der Waals surface area contributed by atoms with Crippen molar-refractivity contribution in [3.05, 3.63) is 39.7 Å². The minimum atomic E-state index is -1.17. The van der Waals surface area contributed by atoms with E-state index < -0.39 is 45.1 Å². The first-order chi connectivity index (χ1) is 18.4. The highest BCUT2D eigenvalue weighted by Gasteiger charge is 2.62. The first kappa shape index (κ1) is 31.0. The standard InChI is InChI=1S/C29H43N5O7/c1-24(2)16-19(25(3,4)34(24)40)23(35)41-20-14-13-17(21-30(36)26(5,6)27(7,8)31(21)37)15-18(20)22-32(38)28(9,10)29(11,12)33(22)39/h13-15,19,40H,16H2,1-12H3. The first-order valence-corrected chi connectivity index (χ1v) is 13.9. The third kappa shape index (κ3) is 3.98. The summed E-state index contributed by atoms with van der Waals surface area (Å²) in [6.45, 7) is 20.3. The number of amidine groups is 2. The second kappa shape index (κ2) is 8.79. The van der Waals surface area contributed by atoms with Crippen LogP contribution >= 0.6 is 0 Å². The van der Waals surface area contributed by atoms with Crippen LogP contribution in [0, 0.1) is 16.3 Å². The number of hydrogen-bond donors (Lipinski definition) is 1. The Morgan fingerprint density at radius 3 is 1.71 bits per heavy atom. The summed E-state index contributed by atoms with van der Waals surface area (Å²) in [5.74, 6) is -1.93. The largest absolute Gasteiger partial charge is 0.714 e. The molecule has 1 unspecified atom stereocenters. The van der Waals surface area contributed by atoms with Crippen LogP contribution in [-0.2, 0) is 15.2 Å². The Labute approximate surface area is 241 Å². The van der Waals surface area contributed by atoms with Gasteiger partial charge in [-0.3, -0.25) is 14.3 Å². The highest BCUT2D eigenvalue weighted by Crippen LogP contribution is 2.45. The van der Waals surface area contributed by atoms with Crippen molar-refractivity contribution in [1.82, 2.24) is 15.2 Å². The average Bonchev–Trinajstić information content (AvgIpc) is 3.16. The molecule has 12 nitrogen and oxygen atoms in total. The molecule has 0 spiro atoms. The molecule has 3 aliphatic rings. The van der Waals surface area contributed by atoms with Crippen LogP contribution < -0.4 is 4.74 Å². The van der Waals surface area contributed by atoms with Crippen LogP contribution in [0.5, 0.6) is 5.75 Å². The van der Waals surface area contributed by atoms with Crippen LogP contribution in [0.4, 0.5) is 0 Å². The zero-order valence-corrected chi connectivity index (χ0v) is 26.1. The van der Waals surface area contributed by atoms with E-state index in [0.717, 1.165) is 5.06 Å². The quantitative estimate of drug-likeness (QED) is 0.247. The molecule has 1 fully saturated rings. The molecule has 1 atom stereocenters. The van der Waals surface area contributed by atoms with Gasteiger partial charge in [0.1, 0.15) is 22.4 Å². The van der Waals surface area contributed by atoms with E-state index in [2.05, 4.69) is 0 Å². The maximum Gasteiger partial charge on any atom is 0.320 e. The number of hydroxylamine groups is 8. The van der Waals surface area contributed by atoms with E-state index in [-0.39, 0.29) is 28.5 Å². The summed E-state index contributed by atoms with van der Waals surface area (Å²) in [4.78, 5) is 13.6. The second-order valence-corrected chi connectivity index (χ2v) is 14.7. The van der Waals surface area contributed by atoms with Crippen LogP contribution in [0.2, 0.25) is 0 Å². The van der Waals surface area contributed by atoms with Crippen molar-refractivity contribution in [3.8, 4) is 5.75 Å². The Morgan fingerprint density at radius 1 is 0.854 bits per heavy atom. The van der Waals surface area contributed by atoms with E-state index >= 15 is 0 Å². The summed E-state index contributed by atoms with van der Waals surface area (Å²) < 4.78 is 7.11. The van der Waals surface area contributed by atoms with Gasteiger partial charge in [0.05, 0.1) is 17.0 Å². The lowest BCUT2D eigenvalue weighted by atomic mass is 9.84. The van der Waals surface area contributed by atoms with Gasteiger partial charge in [0, 0.05) is 16.0 Å². The number of ether oxygens (including phenoxy) is 1. The van der Waals surface area contributed by atoms with E-state index in [1.54, 1.807) is 69.2 Å². The van der Waals surface area contributed by atoms with Crippen LogP contribution in [-0.4, -0.2) is 80.7 Å². The second-order valence-electron chi connectivity index (χ2n) is 14.7. The Kier molecular flexibility index (Phi) is 6.65. The van der Waals surface area contributed by atoms with Gasteiger partial charge in [0.15, 0.2) is 11.1 Å². The van der Waals surface area contributed by atoms with Crippen LogP contribution in [0.3, 0.4) is 0 Å². The molecule has 0 saturated carbocycles. The topological polar surface area (TPSA) is 148 Å². The van der Waals surface area contributed by atoms with E-state index in [0.29, 0.717) is 26.0 Å². The predicted molar refractivity (Wildman–Crippen MR) is 149 cm³/mol. The van der Waals surface area contributed by atoms with Crippen molar-refractivity contribution in [3.63, 3.8) is 0 Å². The number of nitrogens with zero attached hydrogens (tertiary/aromatic N) is 5. The van der Waals surface area contributed by atoms with Gasteiger partial charge < -0.3 is 20.4 Å². The Bertz CT molecular complexity index is 1360. The lowest BCUT2D eigenvalue weighted by Crippen LogP contribution is -2.53. The molecule has 1 saturated heterocycles. The molecule has 0 amide bonds. The lowest BCUT2D eigenvalue weighted by Gasteiger charge is -2.35. The smallest absolute Gasteiger partial charge is 0.320 e. The predicted octanol–water partition coefficient (Wildman–Crippen LogP) is 3.81. The fourth-order valence-corrected chi connectivity index (χ4v) is 5.92. The maximum absolute atomic E-state index is 13.7. The molecule has 4 rings (SSSR count). The Balaban J connectivity index is 1.89. The Morgan fingerprint density at radius 2 is 1.32 bits per heavy atom. The van der Waals surface area contributed by atoms with Gasteiger partial charge in [0.2, 0.25) is 0 Å². The third-order valence-corrected chi connectivity index (χ3v) is 10.4. The number of rotatable bonds is 4. The molecule has 1 N–H and O–H groups in total. The summed E-state index contributed by atoms with van der Waals surface area (Å²) in [5, 5.41) is 67.2. The van der Waals surface area contributed by atoms with Gasteiger partial charge in [-0.15, -0.1) is 0 Å². The van der Waals surface area contributed by atoms with Crippen LogP contribution in [0.1, 0.15) is 101 Å². The average molecular weight is 574 g/mol. The highest BCUT2D eigenvalue weighted by atomic mass is 16.6. The van der Waals surface area contributed by atoms with Gasteiger partial charge >= 0.3 is 17.6 Å². The fraction of sp³-hybridized carbons (Fsp3) is 0.690. The Hall–Kier alpha value is -2.93. The summed E-state index contributed by atoms with van der Waals surface area (Å²) >= 11 is 0. The molecule has 0 bridgehead atoms. The van der Waals surface area contributed by atoms with Crippen molar-refractivity contribution in [2.24, 2.45) is 5.92 Å². The molecule has 3 aliphatic heterocycles. The first-order valence-electron chi connectivity index (χ1n) is 13.9. The monoisotopic (exact) mass is 573 g/mol. The van der Waals surface area contributed by atoms with Crippen molar-refractivity contribution < 1.29 is 34.6 Å². The molecule has 3 heterocycles. The van der Waals surface area contributed by atoms with Crippen molar-refractivity contribution >= 4 is 17.6 Å². The minimum Gasteiger partial charge on any atom is -0.714 e. The van der Waals surface area contributed by atoms with Gasteiger partial charge in [-0.2, -0.15) is 5.06 Å². The van der Waals surface area contributed by atoms with E-state index in [1.165, 1.54) is 18.2 Å². The third-order valence-electron chi connectivity index (χ3n) is 10.4. The van der Waals surface area contributed by atoms with Crippen LogP contribution in [0.15, 0.2) is 18.2 Å². The fourth-order valence-electron chi connectivity index (χ4n) is 5.92. The summed E-state index contributed by atoms with van der Waals surface area (Å²) in [7, 11) is 0. The van der Waals surface area contributed by atoms with Crippen LogP contribution in [0.25, 0.3) is 0 Å². The molecule has 1 aromatic carbocycles. The molecule has 0 aromatic heterocycles. The van der Waals surface area contributed by atoms with Crippen molar-refractivity contribution in [2.45, 2.75) is 123 Å². The molecule has 1 aromatic rings. The van der Waals surface area contributed by atoms with Crippen molar-refractivity contribution in [2.75, 3.05) is 0 Å². The number of carbonyl (C=O) groups is 1. The maximum atomic E-state index is 13.7.